The third-order valence-corrected chi connectivity index (χ3v) is 2.17. The maximum Gasteiger partial charge on any atom is 0.326 e. The Morgan fingerprint density at radius 2 is 2.40 bits per heavy atom. The quantitative estimate of drug-likeness (QED) is 0.791. The lowest BCUT2D eigenvalue weighted by Gasteiger charge is -2.22. The predicted molar refractivity (Wildman–Crippen MR) is 54.5 cm³/mol. The lowest BCUT2D eigenvalue weighted by Crippen LogP contribution is -2.36. The first-order valence-corrected chi connectivity index (χ1v) is 4.38. The molecule has 5 heteroatoms. The van der Waals surface area contributed by atoms with Gasteiger partial charge in [-0.2, -0.15) is 5.26 Å². The van der Waals surface area contributed by atoms with Crippen LogP contribution in [0.5, 0.6) is 0 Å². The average Bonchev–Trinajstić information content (AvgIpc) is 2.27. The summed E-state index contributed by atoms with van der Waals surface area (Å²) in [5.74, 6) is -0.453. The first kappa shape index (κ1) is 11.0. The maximum atomic E-state index is 10.7. The molecule has 0 spiro atoms. The van der Waals surface area contributed by atoms with Crippen molar-refractivity contribution in [2.45, 2.75) is 13.0 Å². The zero-order chi connectivity index (χ0) is 11.4. The second-order valence-electron chi connectivity index (χ2n) is 3.14. The summed E-state index contributed by atoms with van der Waals surface area (Å²) in [6.07, 6.45) is 1.49. The summed E-state index contributed by atoms with van der Waals surface area (Å²) in [6, 6.07) is 4.43. The number of nitrogens with zero attached hydrogens (tertiary/aromatic N) is 3. The SMILES string of the molecule is CC(C(=O)O)N(C)c1cc(C#N)ccn1. The van der Waals surface area contributed by atoms with Crippen molar-refractivity contribution in [2.24, 2.45) is 0 Å². The van der Waals surface area contributed by atoms with Gasteiger partial charge in [-0.1, -0.05) is 0 Å². The summed E-state index contributed by atoms with van der Waals surface area (Å²) in [6.45, 7) is 1.56. The highest BCUT2D eigenvalue weighted by atomic mass is 16.4. The van der Waals surface area contributed by atoms with Crippen molar-refractivity contribution >= 4 is 11.8 Å². The van der Waals surface area contributed by atoms with E-state index in [1.807, 2.05) is 6.07 Å². The van der Waals surface area contributed by atoms with Gasteiger partial charge in [0.05, 0.1) is 11.6 Å². The summed E-state index contributed by atoms with van der Waals surface area (Å²) >= 11 is 0. The molecule has 1 aromatic heterocycles. The van der Waals surface area contributed by atoms with Crippen LogP contribution in [-0.4, -0.2) is 29.1 Å². The van der Waals surface area contributed by atoms with Gasteiger partial charge in [0.2, 0.25) is 0 Å². The van der Waals surface area contributed by atoms with Crippen molar-refractivity contribution in [1.82, 2.24) is 4.98 Å². The molecule has 15 heavy (non-hydrogen) atoms. The summed E-state index contributed by atoms with van der Waals surface area (Å²) in [5.41, 5.74) is 0.462. The molecule has 1 heterocycles. The van der Waals surface area contributed by atoms with E-state index >= 15 is 0 Å². The zero-order valence-corrected chi connectivity index (χ0v) is 8.51. The van der Waals surface area contributed by atoms with Crippen LogP contribution in [0.4, 0.5) is 5.82 Å². The lowest BCUT2D eigenvalue weighted by molar-refractivity contribution is -0.138. The number of likely N-dealkylation sites (N-methyl/N-ethyl adjacent to an activating group) is 1. The molecule has 0 amide bonds. The Kier molecular flexibility index (Phi) is 3.24. The predicted octanol–water partition coefficient (Wildman–Crippen LogP) is 0.863. The number of aliphatic carboxylic acids is 1. The van der Waals surface area contributed by atoms with Crippen LogP contribution in [0.3, 0.4) is 0 Å². The van der Waals surface area contributed by atoms with Crippen molar-refractivity contribution in [3.05, 3.63) is 23.9 Å². The van der Waals surface area contributed by atoms with E-state index in [0.29, 0.717) is 11.4 Å². The van der Waals surface area contributed by atoms with Crippen LogP contribution in [-0.2, 0) is 4.79 Å². The van der Waals surface area contributed by atoms with Crippen molar-refractivity contribution in [2.75, 3.05) is 11.9 Å². The molecule has 1 aromatic rings. The number of anilines is 1. The zero-order valence-electron chi connectivity index (χ0n) is 8.51. The molecule has 0 saturated heterocycles. The van der Waals surface area contributed by atoms with Gasteiger partial charge in [-0.15, -0.1) is 0 Å². The van der Waals surface area contributed by atoms with Crippen LogP contribution >= 0.6 is 0 Å². The molecule has 1 N–H and O–H groups in total. The molecule has 1 rings (SSSR count). The number of hydrogen-bond donors (Lipinski definition) is 1. The van der Waals surface area contributed by atoms with E-state index in [1.54, 1.807) is 26.1 Å². The second kappa shape index (κ2) is 4.42. The van der Waals surface area contributed by atoms with Crippen LogP contribution in [0.2, 0.25) is 0 Å². The van der Waals surface area contributed by atoms with Crippen LogP contribution in [0.25, 0.3) is 0 Å². The van der Waals surface area contributed by atoms with E-state index in [9.17, 15) is 4.79 Å². The molecule has 0 radical (unpaired) electrons. The third-order valence-electron chi connectivity index (χ3n) is 2.17. The third kappa shape index (κ3) is 2.44. The first-order chi connectivity index (χ1) is 7.06. The van der Waals surface area contributed by atoms with E-state index in [0.717, 1.165) is 0 Å². The topological polar surface area (TPSA) is 77.2 Å². The molecule has 1 unspecified atom stereocenters. The number of carboxylic acid groups (broad SMARTS) is 1. The summed E-state index contributed by atoms with van der Waals surface area (Å²) in [4.78, 5) is 16.2. The van der Waals surface area contributed by atoms with Gasteiger partial charge in [0, 0.05) is 13.2 Å². The average molecular weight is 205 g/mol. The molecule has 0 aliphatic heterocycles. The number of aromatic nitrogens is 1. The molecule has 1 atom stereocenters. The number of rotatable bonds is 3. The first-order valence-electron chi connectivity index (χ1n) is 4.38. The summed E-state index contributed by atoms with van der Waals surface area (Å²) in [5, 5.41) is 17.5. The molecular weight excluding hydrogens is 194 g/mol. The van der Waals surface area contributed by atoms with E-state index in [-0.39, 0.29) is 0 Å². The Morgan fingerprint density at radius 1 is 1.73 bits per heavy atom. The summed E-state index contributed by atoms with van der Waals surface area (Å²) in [7, 11) is 1.63. The number of hydrogen-bond acceptors (Lipinski definition) is 4. The van der Waals surface area contributed by atoms with Gasteiger partial charge in [-0.25, -0.2) is 9.78 Å². The molecule has 0 aliphatic rings. The number of carboxylic acids is 1. The Labute approximate surface area is 87.6 Å². The Morgan fingerprint density at radius 3 is 2.93 bits per heavy atom. The van der Waals surface area contributed by atoms with Gasteiger partial charge in [0.25, 0.3) is 0 Å². The van der Waals surface area contributed by atoms with E-state index in [4.69, 9.17) is 10.4 Å². The Hall–Kier alpha value is -2.09. The van der Waals surface area contributed by atoms with Gasteiger partial charge in [0.15, 0.2) is 0 Å². The lowest BCUT2D eigenvalue weighted by atomic mass is 10.2. The fourth-order valence-electron chi connectivity index (χ4n) is 1.04. The Bertz CT molecular complexity index is 411. The second-order valence-corrected chi connectivity index (χ2v) is 3.14. The highest BCUT2D eigenvalue weighted by Crippen LogP contribution is 2.13. The monoisotopic (exact) mass is 205 g/mol. The van der Waals surface area contributed by atoms with Crippen molar-refractivity contribution in [3.63, 3.8) is 0 Å². The minimum absolute atomic E-state index is 0.462. The molecule has 0 aromatic carbocycles. The van der Waals surface area contributed by atoms with Crippen LogP contribution < -0.4 is 4.90 Å². The molecule has 5 nitrogen and oxygen atoms in total. The smallest absolute Gasteiger partial charge is 0.326 e. The Balaban J connectivity index is 2.96. The summed E-state index contributed by atoms with van der Waals surface area (Å²) < 4.78 is 0. The minimum atomic E-state index is -0.929. The molecule has 0 fully saturated rings. The van der Waals surface area contributed by atoms with Crippen molar-refractivity contribution in [3.8, 4) is 6.07 Å². The highest BCUT2D eigenvalue weighted by molar-refractivity contribution is 5.77. The van der Waals surface area contributed by atoms with E-state index in [2.05, 4.69) is 4.98 Å². The molecule has 0 saturated carbocycles. The fraction of sp³-hybridized carbons (Fsp3) is 0.300. The maximum absolute atomic E-state index is 10.7. The minimum Gasteiger partial charge on any atom is -0.480 e. The van der Waals surface area contributed by atoms with Gasteiger partial charge >= 0.3 is 5.97 Å². The van der Waals surface area contributed by atoms with Gasteiger partial charge in [0.1, 0.15) is 11.9 Å². The number of pyridine rings is 1. The van der Waals surface area contributed by atoms with Crippen LogP contribution in [0.1, 0.15) is 12.5 Å². The number of carbonyl (C=O) groups is 1. The van der Waals surface area contributed by atoms with Crippen molar-refractivity contribution < 1.29 is 9.90 Å². The fourth-order valence-corrected chi connectivity index (χ4v) is 1.04. The molecule has 0 aliphatic carbocycles. The van der Waals surface area contributed by atoms with Crippen LogP contribution in [0.15, 0.2) is 18.3 Å². The number of nitriles is 1. The van der Waals surface area contributed by atoms with Gasteiger partial charge in [-0.05, 0) is 19.1 Å². The van der Waals surface area contributed by atoms with Crippen molar-refractivity contribution in [1.29, 1.82) is 5.26 Å². The largest absolute Gasteiger partial charge is 0.480 e. The highest BCUT2D eigenvalue weighted by Gasteiger charge is 2.17. The van der Waals surface area contributed by atoms with E-state index < -0.39 is 12.0 Å². The standard InChI is InChI=1S/C10H11N3O2/c1-7(10(14)15)13(2)9-5-8(6-11)3-4-12-9/h3-5,7H,1-2H3,(H,14,15). The van der Waals surface area contributed by atoms with Gasteiger partial charge in [-0.3, -0.25) is 0 Å². The molecule has 0 bridgehead atoms. The molecule has 78 valence electrons. The molecular formula is C10H11N3O2. The van der Waals surface area contributed by atoms with E-state index in [1.165, 1.54) is 11.1 Å². The van der Waals surface area contributed by atoms with Crippen LogP contribution in [0, 0.1) is 11.3 Å². The van der Waals surface area contributed by atoms with Gasteiger partial charge < -0.3 is 10.0 Å². The normalized spacial score (nSPS) is 11.5.